The third kappa shape index (κ3) is 4.77. The van der Waals surface area contributed by atoms with E-state index in [1.54, 1.807) is 13.0 Å². The molecular weight excluding hydrogens is 378 g/mol. The lowest BCUT2D eigenvalue weighted by atomic mass is 10.1. The molecule has 2 aromatic carbocycles. The predicted octanol–water partition coefficient (Wildman–Crippen LogP) is 1.80. The number of nitro groups is 1. The molecular formula is C18H17N7O4. The van der Waals surface area contributed by atoms with Crippen molar-refractivity contribution in [3.63, 3.8) is 0 Å². The van der Waals surface area contributed by atoms with Crippen LogP contribution in [-0.4, -0.2) is 43.9 Å². The summed E-state index contributed by atoms with van der Waals surface area (Å²) in [4.78, 5) is 23.8. The van der Waals surface area contributed by atoms with E-state index in [0.717, 1.165) is 10.4 Å². The molecule has 0 aliphatic carbocycles. The molecule has 0 aliphatic rings. The molecule has 0 atom stereocenters. The molecule has 0 saturated heterocycles. The second-order valence-electron chi connectivity index (χ2n) is 5.89. The predicted molar refractivity (Wildman–Crippen MR) is 103 cm³/mol. The van der Waals surface area contributed by atoms with Gasteiger partial charge >= 0.3 is 5.69 Å². The number of amides is 1. The lowest BCUT2D eigenvalue weighted by Gasteiger charge is -2.05. The minimum absolute atomic E-state index is 0.141. The van der Waals surface area contributed by atoms with Crippen molar-refractivity contribution in [3.05, 3.63) is 64.2 Å². The fourth-order valence-corrected chi connectivity index (χ4v) is 2.45. The average molecular weight is 395 g/mol. The molecule has 0 fully saturated rings. The largest absolute Gasteiger partial charge is 0.490 e. The number of rotatable bonds is 7. The Morgan fingerprint density at radius 3 is 2.72 bits per heavy atom. The van der Waals surface area contributed by atoms with Crippen LogP contribution in [0, 0.1) is 10.1 Å². The van der Waals surface area contributed by atoms with Gasteiger partial charge in [0.25, 0.3) is 5.91 Å². The Kier molecular flexibility index (Phi) is 5.88. The zero-order chi connectivity index (χ0) is 20.8. The highest BCUT2D eigenvalue weighted by Gasteiger charge is 2.16. The summed E-state index contributed by atoms with van der Waals surface area (Å²) in [5, 5.41) is 27.0. The number of carbonyl (C=O) groups is 1. The van der Waals surface area contributed by atoms with Crippen LogP contribution >= 0.6 is 0 Å². The number of hydrazone groups is 1. The molecule has 0 spiro atoms. The van der Waals surface area contributed by atoms with Crippen molar-refractivity contribution in [2.45, 2.75) is 13.5 Å². The van der Waals surface area contributed by atoms with E-state index in [9.17, 15) is 14.9 Å². The first-order valence-electron chi connectivity index (χ1n) is 8.47. The number of hydrogen-bond donors (Lipinski definition) is 1. The monoisotopic (exact) mass is 395 g/mol. The third-order valence-corrected chi connectivity index (χ3v) is 3.91. The van der Waals surface area contributed by atoms with Crippen LogP contribution in [0.15, 0.2) is 53.6 Å². The van der Waals surface area contributed by atoms with Crippen LogP contribution in [0.5, 0.6) is 5.75 Å². The highest BCUT2D eigenvalue weighted by molar-refractivity contribution is 6.00. The fraction of sp³-hybridized carbons (Fsp3) is 0.167. The van der Waals surface area contributed by atoms with Gasteiger partial charge in [0.2, 0.25) is 5.82 Å². The van der Waals surface area contributed by atoms with Crippen molar-refractivity contribution in [2.75, 3.05) is 7.11 Å². The standard InChI is InChI=1S/C18H17N7O4/c1-12(14-8-9-16(29-2)15(10-14)25(27)28)19-20-17(26)11-24-22-18(21-23-24)13-6-4-3-5-7-13/h3-10H,11H2,1-2H3,(H,20,26)/b19-12-. The van der Waals surface area contributed by atoms with E-state index in [1.165, 1.54) is 19.2 Å². The van der Waals surface area contributed by atoms with Crippen molar-refractivity contribution in [1.29, 1.82) is 0 Å². The van der Waals surface area contributed by atoms with Gasteiger partial charge in [0.15, 0.2) is 5.75 Å². The molecule has 1 amide bonds. The quantitative estimate of drug-likeness (QED) is 0.366. The average Bonchev–Trinajstić information content (AvgIpc) is 3.20. The Morgan fingerprint density at radius 1 is 1.28 bits per heavy atom. The van der Waals surface area contributed by atoms with E-state index in [4.69, 9.17) is 4.74 Å². The molecule has 0 radical (unpaired) electrons. The van der Waals surface area contributed by atoms with Gasteiger partial charge in [0.05, 0.1) is 17.7 Å². The highest BCUT2D eigenvalue weighted by atomic mass is 16.6. The number of nitrogens with one attached hydrogen (secondary N) is 1. The van der Waals surface area contributed by atoms with Gasteiger partial charge in [-0.05, 0) is 24.3 Å². The Balaban J connectivity index is 1.65. The number of aromatic nitrogens is 4. The second kappa shape index (κ2) is 8.69. The lowest BCUT2D eigenvalue weighted by molar-refractivity contribution is -0.385. The maximum absolute atomic E-state index is 12.1. The Bertz CT molecular complexity index is 1060. The third-order valence-electron chi connectivity index (χ3n) is 3.91. The van der Waals surface area contributed by atoms with Gasteiger partial charge in [-0.3, -0.25) is 14.9 Å². The zero-order valence-corrected chi connectivity index (χ0v) is 15.6. The van der Waals surface area contributed by atoms with Crippen LogP contribution in [0.4, 0.5) is 5.69 Å². The molecule has 0 aliphatic heterocycles. The summed E-state index contributed by atoms with van der Waals surface area (Å²) in [5.74, 6) is 0.0788. The minimum Gasteiger partial charge on any atom is -0.490 e. The Labute approximate surface area is 165 Å². The van der Waals surface area contributed by atoms with E-state index in [2.05, 4.69) is 25.9 Å². The first-order chi connectivity index (χ1) is 14.0. The first kappa shape index (κ1) is 19.6. The van der Waals surface area contributed by atoms with Gasteiger partial charge in [0, 0.05) is 17.2 Å². The van der Waals surface area contributed by atoms with Gasteiger partial charge in [0.1, 0.15) is 6.54 Å². The van der Waals surface area contributed by atoms with Crippen molar-refractivity contribution in [2.24, 2.45) is 5.10 Å². The van der Waals surface area contributed by atoms with Crippen LogP contribution in [0.1, 0.15) is 12.5 Å². The van der Waals surface area contributed by atoms with Crippen LogP contribution in [0.25, 0.3) is 11.4 Å². The number of benzene rings is 2. The molecule has 148 valence electrons. The van der Waals surface area contributed by atoms with Crippen LogP contribution < -0.4 is 10.2 Å². The molecule has 11 heteroatoms. The normalized spacial score (nSPS) is 11.2. The first-order valence-corrected chi connectivity index (χ1v) is 8.47. The van der Waals surface area contributed by atoms with Crippen LogP contribution in [0.3, 0.4) is 0 Å². The summed E-state index contributed by atoms with van der Waals surface area (Å²) in [7, 11) is 1.35. The van der Waals surface area contributed by atoms with E-state index >= 15 is 0 Å². The molecule has 1 heterocycles. The van der Waals surface area contributed by atoms with E-state index < -0.39 is 10.8 Å². The molecule has 3 rings (SSSR count). The summed E-state index contributed by atoms with van der Waals surface area (Å²) in [5.41, 5.74) is 3.84. The van der Waals surface area contributed by atoms with Gasteiger partial charge < -0.3 is 4.74 Å². The SMILES string of the molecule is COc1ccc(/C(C)=N\NC(=O)Cn2nnc(-c3ccccc3)n2)cc1[N+](=O)[O-]. The van der Waals surface area contributed by atoms with Crippen LogP contribution in [-0.2, 0) is 11.3 Å². The molecule has 29 heavy (non-hydrogen) atoms. The zero-order valence-electron chi connectivity index (χ0n) is 15.6. The number of methoxy groups -OCH3 is 1. The topological polar surface area (TPSA) is 137 Å². The molecule has 1 aromatic heterocycles. The number of nitrogens with zero attached hydrogens (tertiary/aromatic N) is 6. The van der Waals surface area contributed by atoms with Crippen molar-refractivity contribution in [3.8, 4) is 17.1 Å². The fourth-order valence-electron chi connectivity index (χ4n) is 2.45. The van der Waals surface area contributed by atoms with E-state index in [0.29, 0.717) is 17.1 Å². The maximum Gasteiger partial charge on any atom is 0.311 e. The lowest BCUT2D eigenvalue weighted by Crippen LogP contribution is -2.25. The van der Waals surface area contributed by atoms with Crippen LogP contribution in [0.2, 0.25) is 0 Å². The Morgan fingerprint density at radius 2 is 2.03 bits per heavy atom. The molecule has 3 aromatic rings. The number of hydrogen-bond acceptors (Lipinski definition) is 8. The van der Waals surface area contributed by atoms with Gasteiger partial charge in [-0.25, -0.2) is 5.43 Å². The molecule has 0 saturated carbocycles. The number of ether oxygens (including phenoxy) is 1. The number of nitro benzene ring substituents is 1. The number of tetrazole rings is 1. The summed E-state index contributed by atoms with van der Waals surface area (Å²) < 4.78 is 4.97. The second-order valence-corrected chi connectivity index (χ2v) is 5.89. The summed E-state index contributed by atoms with van der Waals surface area (Å²) in [6.07, 6.45) is 0. The smallest absolute Gasteiger partial charge is 0.311 e. The van der Waals surface area contributed by atoms with E-state index in [1.807, 2.05) is 30.3 Å². The molecule has 0 unspecified atom stereocenters. The molecule has 1 N–H and O–H groups in total. The summed E-state index contributed by atoms with van der Waals surface area (Å²) in [6.45, 7) is 1.44. The van der Waals surface area contributed by atoms with Gasteiger partial charge in [-0.15, -0.1) is 10.2 Å². The number of carbonyl (C=O) groups excluding carboxylic acids is 1. The molecule has 0 bridgehead atoms. The van der Waals surface area contributed by atoms with Gasteiger partial charge in [-0.1, -0.05) is 30.3 Å². The van der Waals surface area contributed by atoms with E-state index in [-0.39, 0.29) is 18.0 Å². The van der Waals surface area contributed by atoms with Crippen molar-refractivity contribution < 1.29 is 14.5 Å². The van der Waals surface area contributed by atoms with Gasteiger partial charge in [-0.2, -0.15) is 9.90 Å². The Hall–Kier alpha value is -4.15. The van der Waals surface area contributed by atoms with Crippen molar-refractivity contribution >= 4 is 17.3 Å². The van der Waals surface area contributed by atoms with Crippen molar-refractivity contribution in [1.82, 2.24) is 25.6 Å². The summed E-state index contributed by atoms with van der Waals surface area (Å²) >= 11 is 0. The molecule has 11 nitrogen and oxygen atoms in total. The summed E-state index contributed by atoms with van der Waals surface area (Å²) in [6, 6.07) is 13.7. The maximum atomic E-state index is 12.1. The highest BCUT2D eigenvalue weighted by Crippen LogP contribution is 2.27. The minimum atomic E-state index is -0.547.